The summed E-state index contributed by atoms with van der Waals surface area (Å²) in [6, 6.07) is 13.6. The lowest BCUT2D eigenvalue weighted by atomic mass is 10.1. The highest BCUT2D eigenvalue weighted by molar-refractivity contribution is 6.30. The van der Waals surface area contributed by atoms with Crippen molar-refractivity contribution < 1.29 is 23.2 Å². The van der Waals surface area contributed by atoms with Crippen molar-refractivity contribution in [2.75, 3.05) is 6.54 Å². The van der Waals surface area contributed by atoms with Crippen molar-refractivity contribution in [1.29, 1.82) is 0 Å². The van der Waals surface area contributed by atoms with Crippen molar-refractivity contribution >= 4 is 40.2 Å². The number of hydrogen-bond donors (Lipinski definition) is 2. The van der Waals surface area contributed by atoms with E-state index in [1.165, 1.54) is 16.8 Å². The molecule has 2 aromatic heterocycles. The molecule has 3 heterocycles. The molecule has 5 rings (SSSR count). The minimum atomic E-state index is -1.42. The number of halogens is 3. The number of hydrogen-bond acceptors (Lipinski definition) is 5. The second-order valence-electron chi connectivity index (χ2n) is 9.39. The van der Waals surface area contributed by atoms with Gasteiger partial charge in [0.2, 0.25) is 11.8 Å². The van der Waals surface area contributed by atoms with Gasteiger partial charge in [-0.3, -0.25) is 19.1 Å². The molecule has 9 nitrogen and oxygen atoms in total. The number of primary amides is 1. The Kier molecular flexibility index (Phi) is 7.94. The highest BCUT2D eigenvalue weighted by Crippen LogP contribution is 2.24. The van der Waals surface area contributed by atoms with Gasteiger partial charge in [0.1, 0.15) is 30.3 Å². The standard InChI is InChI=1S/C29H23ClF2N6O3/c30-22-6-3-4-18(26(22)32)14-35-29(41)24-13-19(31)15-37(24)25(39)16-38-23-10-8-17(7-9-20-5-1-2-11-34-20)12-21(23)27(36-38)28(33)40/h1-6,8,10-12,19,24H,13-16H2,(H2,33,40)(H,35,41)/t19-,24+/m1/s1. The van der Waals surface area contributed by atoms with Gasteiger partial charge in [0, 0.05) is 35.7 Å². The molecule has 0 aliphatic carbocycles. The van der Waals surface area contributed by atoms with Crippen LogP contribution < -0.4 is 11.1 Å². The fourth-order valence-electron chi connectivity index (χ4n) is 4.65. The van der Waals surface area contributed by atoms with Gasteiger partial charge in [-0.2, -0.15) is 5.10 Å². The molecule has 0 spiro atoms. The first kappa shape index (κ1) is 27.7. The van der Waals surface area contributed by atoms with E-state index in [9.17, 15) is 23.2 Å². The van der Waals surface area contributed by atoms with Crippen LogP contribution >= 0.6 is 11.6 Å². The third-order valence-electron chi connectivity index (χ3n) is 6.63. The molecule has 1 aliphatic rings. The lowest BCUT2D eigenvalue weighted by molar-refractivity contribution is -0.139. The smallest absolute Gasteiger partial charge is 0.269 e. The Bertz CT molecular complexity index is 1720. The number of carbonyl (C=O) groups is 3. The van der Waals surface area contributed by atoms with Gasteiger partial charge < -0.3 is 16.0 Å². The number of benzene rings is 2. The van der Waals surface area contributed by atoms with E-state index in [2.05, 4.69) is 27.2 Å². The zero-order valence-electron chi connectivity index (χ0n) is 21.5. The first-order valence-electron chi connectivity index (χ1n) is 12.6. The second-order valence-corrected chi connectivity index (χ2v) is 9.80. The predicted octanol–water partition coefficient (Wildman–Crippen LogP) is 2.98. The fraction of sp³-hybridized carbons (Fsp3) is 0.207. The molecule has 2 atom stereocenters. The summed E-state index contributed by atoms with van der Waals surface area (Å²) in [7, 11) is 0. The maximum Gasteiger partial charge on any atom is 0.269 e. The molecular formula is C29H23ClF2N6O3. The van der Waals surface area contributed by atoms with Gasteiger partial charge in [-0.25, -0.2) is 13.8 Å². The number of rotatable bonds is 6. The highest BCUT2D eigenvalue weighted by atomic mass is 35.5. The lowest BCUT2D eigenvalue weighted by Gasteiger charge is -2.24. The summed E-state index contributed by atoms with van der Waals surface area (Å²) in [5.74, 6) is 3.22. The van der Waals surface area contributed by atoms with Gasteiger partial charge in [0.15, 0.2) is 5.69 Å². The molecule has 1 aliphatic heterocycles. The number of nitrogens with two attached hydrogens (primary N) is 1. The number of aromatic nitrogens is 3. The summed E-state index contributed by atoms with van der Waals surface area (Å²) in [5.41, 5.74) is 7.22. The molecule has 1 fully saturated rings. The molecule has 0 unspecified atom stereocenters. The highest BCUT2D eigenvalue weighted by Gasteiger charge is 2.40. The predicted molar refractivity (Wildman–Crippen MR) is 147 cm³/mol. The van der Waals surface area contributed by atoms with Crippen molar-refractivity contribution in [3.63, 3.8) is 0 Å². The normalized spacial score (nSPS) is 16.3. The first-order chi connectivity index (χ1) is 19.7. The van der Waals surface area contributed by atoms with Gasteiger partial charge in [-0.1, -0.05) is 35.7 Å². The molecule has 3 amide bonds. The first-order valence-corrected chi connectivity index (χ1v) is 13.0. The van der Waals surface area contributed by atoms with E-state index in [1.807, 2.05) is 6.07 Å². The van der Waals surface area contributed by atoms with Crippen molar-refractivity contribution in [2.45, 2.75) is 31.7 Å². The second kappa shape index (κ2) is 11.7. The zero-order valence-corrected chi connectivity index (χ0v) is 22.2. The summed E-state index contributed by atoms with van der Waals surface area (Å²) in [4.78, 5) is 43.6. The molecule has 4 aromatic rings. The number of likely N-dealkylation sites (tertiary alicyclic amines) is 1. The largest absolute Gasteiger partial charge is 0.364 e. The number of carbonyl (C=O) groups excluding carboxylic acids is 3. The molecule has 1 saturated heterocycles. The number of pyridine rings is 1. The Labute approximate surface area is 238 Å². The Hall–Kier alpha value is -4.82. The molecule has 0 saturated carbocycles. The van der Waals surface area contributed by atoms with Crippen LogP contribution in [0.5, 0.6) is 0 Å². The maximum atomic E-state index is 14.4. The topological polar surface area (TPSA) is 123 Å². The number of alkyl halides is 1. The van der Waals surface area contributed by atoms with Gasteiger partial charge >= 0.3 is 0 Å². The number of nitrogens with zero attached hydrogens (tertiary/aromatic N) is 4. The Balaban J connectivity index is 1.35. The van der Waals surface area contributed by atoms with Gasteiger partial charge in [0.25, 0.3) is 5.91 Å². The fourth-order valence-corrected chi connectivity index (χ4v) is 4.84. The van der Waals surface area contributed by atoms with Crippen molar-refractivity contribution in [3.05, 3.63) is 94.1 Å². The Morgan fingerprint density at radius 1 is 1.12 bits per heavy atom. The van der Waals surface area contributed by atoms with Crippen LogP contribution in [0.4, 0.5) is 8.78 Å². The van der Waals surface area contributed by atoms with Crippen LogP contribution in [-0.2, 0) is 22.7 Å². The summed E-state index contributed by atoms with van der Waals surface area (Å²) >= 11 is 5.79. The minimum absolute atomic E-state index is 0.0584. The van der Waals surface area contributed by atoms with Crippen molar-refractivity contribution in [3.8, 4) is 11.8 Å². The average Bonchev–Trinajstić information content (AvgIpc) is 3.53. The quantitative estimate of drug-likeness (QED) is 0.342. The van der Waals surface area contributed by atoms with Gasteiger partial charge in [-0.05, 0) is 42.3 Å². The van der Waals surface area contributed by atoms with Crippen LogP contribution in [0, 0.1) is 17.7 Å². The van der Waals surface area contributed by atoms with Crippen LogP contribution in [-0.4, -0.2) is 56.1 Å². The van der Waals surface area contributed by atoms with E-state index in [1.54, 1.807) is 42.6 Å². The van der Waals surface area contributed by atoms with Crippen LogP contribution in [0.3, 0.4) is 0 Å². The van der Waals surface area contributed by atoms with Crippen molar-refractivity contribution in [2.24, 2.45) is 5.73 Å². The third kappa shape index (κ3) is 6.02. The molecule has 208 valence electrons. The summed E-state index contributed by atoms with van der Waals surface area (Å²) in [6.45, 7) is -0.849. The summed E-state index contributed by atoms with van der Waals surface area (Å²) in [5, 5.41) is 7.09. The third-order valence-corrected chi connectivity index (χ3v) is 6.92. The molecular weight excluding hydrogens is 554 g/mol. The summed E-state index contributed by atoms with van der Waals surface area (Å²) < 4.78 is 29.9. The van der Waals surface area contributed by atoms with E-state index in [0.717, 1.165) is 4.90 Å². The monoisotopic (exact) mass is 576 g/mol. The van der Waals surface area contributed by atoms with Gasteiger partial charge in [-0.15, -0.1) is 0 Å². The van der Waals surface area contributed by atoms with Crippen molar-refractivity contribution in [1.82, 2.24) is 25.0 Å². The molecule has 12 heteroatoms. The average molecular weight is 577 g/mol. The van der Waals surface area contributed by atoms with E-state index >= 15 is 0 Å². The zero-order chi connectivity index (χ0) is 29.1. The SMILES string of the molecule is NC(=O)c1nn(CC(=O)N2C[C@H](F)C[C@H]2C(=O)NCc2cccc(Cl)c2F)c2ccc(C#Cc3ccccn3)cc12. The van der Waals surface area contributed by atoms with E-state index < -0.39 is 35.8 Å². The van der Waals surface area contributed by atoms with Crippen LogP contribution in [0.2, 0.25) is 5.02 Å². The molecule has 41 heavy (non-hydrogen) atoms. The van der Waals surface area contributed by atoms with E-state index in [4.69, 9.17) is 17.3 Å². The number of amides is 3. The van der Waals surface area contributed by atoms with Crippen LogP contribution in [0.15, 0.2) is 60.8 Å². The van der Waals surface area contributed by atoms with Crippen LogP contribution in [0.1, 0.15) is 33.7 Å². The summed E-state index contributed by atoms with van der Waals surface area (Å²) in [6.07, 6.45) is -0.00758. The molecule has 0 radical (unpaired) electrons. The minimum Gasteiger partial charge on any atom is -0.364 e. The Morgan fingerprint density at radius 2 is 1.95 bits per heavy atom. The van der Waals surface area contributed by atoms with Crippen LogP contribution in [0.25, 0.3) is 10.9 Å². The van der Waals surface area contributed by atoms with Gasteiger partial charge in [0.05, 0.1) is 17.1 Å². The molecule has 2 aromatic carbocycles. The molecule has 0 bridgehead atoms. The molecule has 3 N–H and O–H groups in total. The number of fused-ring (bicyclic) bond motifs is 1. The Morgan fingerprint density at radius 3 is 2.71 bits per heavy atom. The maximum absolute atomic E-state index is 14.4. The van der Waals surface area contributed by atoms with E-state index in [0.29, 0.717) is 22.2 Å². The van der Waals surface area contributed by atoms with E-state index in [-0.39, 0.29) is 42.3 Å². The number of nitrogens with one attached hydrogen (secondary N) is 1. The lowest BCUT2D eigenvalue weighted by Crippen LogP contribution is -2.46.